The number of esters is 1. The number of anilines is 1. The number of para-hydroxylation sites is 1. The van der Waals surface area contributed by atoms with E-state index in [2.05, 4.69) is 5.10 Å². The van der Waals surface area contributed by atoms with Crippen molar-refractivity contribution in [2.24, 2.45) is 5.92 Å². The smallest absolute Gasteiger partial charge is 0.380 e. The van der Waals surface area contributed by atoms with Gasteiger partial charge in [0.15, 0.2) is 0 Å². The number of ether oxygens (including phenoxy) is 2. The molecule has 0 saturated carbocycles. The fourth-order valence-corrected chi connectivity index (χ4v) is 6.06. The molecule has 6 atom stereocenters. The number of nitrogen functional groups attached to an aromatic ring is 1. The van der Waals surface area contributed by atoms with Gasteiger partial charge >= 0.3 is 13.6 Å². The number of nitriles is 1. The Bertz CT molecular complexity index is 1360. The Morgan fingerprint density at radius 1 is 1.30 bits per heavy atom. The number of rotatable bonds is 9. The standard InChI is InChI=1S/C24H27N4O8P/c1-15(23(31)33-2)13-37(32,36-16-6-4-3-5-7-16)34-12-19-21(29)22(30)24(14-25,35-19)20-9-8-18-17(26)10-11-27-28(18)20/h3-11,15,19,21-22,29-30H,12-13,26H2,1-2H3/t15-,19-,21-,22-,24+,37+/m1/s1. The minimum atomic E-state index is -4.01. The largest absolute Gasteiger partial charge is 0.469 e. The van der Waals surface area contributed by atoms with E-state index in [0.29, 0.717) is 11.2 Å². The lowest BCUT2D eigenvalue weighted by molar-refractivity contribution is -0.144. The van der Waals surface area contributed by atoms with Crippen LogP contribution >= 0.6 is 7.60 Å². The van der Waals surface area contributed by atoms with Crippen molar-refractivity contribution in [2.45, 2.75) is 30.8 Å². The molecule has 1 aliphatic heterocycles. The molecular weight excluding hydrogens is 503 g/mol. The van der Waals surface area contributed by atoms with E-state index in [1.807, 2.05) is 6.07 Å². The van der Waals surface area contributed by atoms with Crippen LogP contribution in [0.1, 0.15) is 12.6 Å². The highest BCUT2D eigenvalue weighted by Gasteiger charge is 2.58. The highest BCUT2D eigenvalue weighted by molar-refractivity contribution is 7.54. The minimum absolute atomic E-state index is 0.148. The summed E-state index contributed by atoms with van der Waals surface area (Å²) < 4.78 is 36.9. The number of aromatic nitrogens is 2. The summed E-state index contributed by atoms with van der Waals surface area (Å²) in [6.45, 7) is 0.997. The van der Waals surface area contributed by atoms with Crippen LogP contribution in [0.25, 0.3) is 5.52 Å². The number of hydrogen-bond donors (Lipinski definition) is 3. The number of nitrogens with zero attached hydrogens (tertiary/aromatic N) is 3. The van der Waals surface area contributed by atoms with E-state index in [4.69, 9.17) is 24.3 Å². The first kappa shape index (κ1) is 26.6. The van der Waals surface area contributed by atoms with Crippen LogP contribution in [-0.4, -0.2) is 64.0 Å². The van der Waals surface area contributed by atoms with Crippen LogP contribution in [0.5, 0.6) is 5.75 Å². The molecule has 1 saturated heterocycles. The van der Waals surface area contributed by atoms with Crippen LogP contribution in [0.4, 0.5) is 5.69 Å². The van der Waals surface area contributed by atoms with E-state index < -0.39 is 50.0 Å². The van der Waals surface area contributed by atoms with E-state index in [0.717, 1.165) is 0 Å². The average Bonchev–Trinajstić information content (AvgIpc) is 3.43. The van der Waals surface area contributed by atoms with Crippen LogP contribution in [0.3, 0.4) is 0 Å². The second-order valence-corrected chi connectivity index (χ2v) is 10.7. The maximum atomic E-state index is 13.7. The van der Waals surface area contributed by atoms with Gasteiger partial charge in [0, 0.05) is 6.20 Å². The number of aliphatic hydroxyl groups is 2. The molecule has 0 aliphatic carbocycles. The van der Waals surface area contributed by atoms with Gasteiger partial charge in [0.05, 0.1) is 42.7 Å². The van der Waals surface area contributed by atoms with Gasteiger partial charge in [-0.1, -0.05) is 25.1 Å². The quantitative estimate of drug-likeness (QED) is 0.271. The lowest BCUT2D eigenvalue weighted by atomic mass is 9.92. The Balaban J connectivity index is 1.59. The summed E-state index contributed by atoms with van der Waals surface area (Å²) in [5.74, 6) is -1.20. The van der Waals surface area contributed by atoms with Crippen molar-refractivity contribution < 1.29 is 38.1 Å². The topological polar surface area (TPSA) is 179 Å². The van der Waals surface area contributed by atoms with Gasteiger partial charge in [-0.25, -0.2) is 9.08 Å². The fraction of sp³-hybridized carbons (Fsp3) is 0.375. The van der Waals surface area contributed by atoms with Crippen molar-refractivity contribution in [3.05, 3.63) is 60.4 Å². The van der Waals surface area contributed by atoms with Crippen LogP contribution in [0.15, 0.2) is 54.7 Å². The SMILES string of the molecule is COC(=O)[C@H](C)C[P@](=O)(OC[C@H]1O[C@@](C#N)(c2ccc3c(N)ccnn23)[C@H](O)[C@@H]1O)Oc1ccccc1. The van der Waals surface area contributed by atoms with Gasteiger partial charge in [0.2, 0.25) is 5.60 Å². The summed E-state index contributed by atoms with van der Waals surface area (Å²) in [7, 11) is -2.80. The second kappa shape index (κ2) is 10.5. The third-order valence-corrected chi connectivity index (χ3v) is 8.14. The first-order valence-corrected chi connectivity index (χ1v) is 13.1. The maximum Gasteiger partial charge on any atom is 0.380 e. The molecule has 13 heteroatoms. The highest BCUT2D eigenvalue weighted by Crippen LogP contribution is 2.51. The monoisotopic (exact) mass is 530 g/mol. The van der Waals surface area contributed by atoms with Crippen LogP contribution < -0.4 is 10.3 Å². The van der Waals surface area contributed by atoms with Crippen molar-refractivity contribution in [3.63, 3.8) is 0 Å². The molecule has 12 nitrogen and oxygen atoms in total. The summed E-state index contributed by atoms with van der Waals surface area (Å²) in [5, 5.41) is 35.9. The molecular formula is C24H27N4O8P. The zero-order chi connectivity index (χ0) is 26.8. The van der Waals surface area contributed by atoms with E-state index >= 15 is 0 Å². The molecule has 1 fully saturated rings. The van der Waals surface area contributed by atoms with Crippen molar-refractivity contribution >= 4 is 24.8 Å². The van der Waals surface area contributed by atoms with E-state index in [1.165, 1.54) is 30.8 Å². The second-order valence-electron chi connectivity index (χ2n) is 8.66. The highest BCUT2D eigenvalue weighted by atomic mass is 31.2. The third-order valence-electron chi connectivity index (χ3n) is 6.12. The van der Waals surface area contributed by atoms with E-state index in [1.54, 1.807) is 42.5 Å². The summed E-state index contributed by atoms with van der Waals surface area (Å²) in [4.78, 5) is 12.0. The summed E-state index contributed by atoms with van der Waals surface area (Å²) in [6.07, 6.45) is -3.46. The Hall–Kier alpha value is -3.46. The molecule has 0 unspecified atom stereocenters. The zero-order valence-corrected chi connectivity index (χ0v) is 21.0. The van der Waals surface area contributed by atoms with E-state index in [-0.39, 0.29) is 17.6 Å². The van der Waals surface area contributed by atoms with Gasteiger partial charge in [0.1, 0.15) is 30.1 Å². The fourth-order valence-electron chi connectivity index (χ4n) is 4.19. The normalized spacial score (nSPS) is 25.8. The summed E-state index contributed by atoms with van der Waals surface area (Å²) >= 11 is 0. The molecule has 3 aromatic rings. The number of hydrogen-bond acceptors (Lipinski definition) is 11. The molecule has 37 heavy (non-hydrogen) atoms. The van der Waals surface area contributed by atoms with Crippen molar-refractivity contribution in [2.75, 3.05) is 25.6 Å². The minimum Gasteiger partial charge on any atom is -0.469 e. The number of nitrogens with two attached hydrogens (primary N) is 1. The summed E-state index contributed by atoms with van der Waals surface area (Å²) in [5.41, 5.74) is 4.97. The van der Waals surface area contributed by atoms with Gasteiger partial charge in [-0.2, -0.15) is 10.4 Å². The van der Waals surface area contributed by atoms with Crippen molar-refractivity contribution in [1.29, 1.82) is 5.26 Å². The Morgan fingerprint density at radius 3 is 2.70 bits per heavy atom. The van der Waals surface area contributed by atoms with Crippen LogP contribution in [0, 0.1) is 17.2 Å². The molecule has 0 spiro atoms. The number of fused-ring (bicyclic) bond motifs is 1. The van der Waals surface area contributed by atoms with Gasteiger partial charge in [-0.3, -0.25) is 9.32 Å². The van der Waals surface area contributed by atoms with Crippen LogP contribution in [-0.2, 0) is 29.0 Å². The maximum absolute atomic E-state index is 13.7. The number of benzene rings is 1. The van der Waals surface area contributed by atoms with Gasteiger partial charge in [-0.15, -0.1) is 0 Å². The molecule has 1 aliphatic rings. The lowest BCUT2D eigenvalue weighted by Gasteiger charge is -2.25. The molecule has 3 heterocycles. The number of aliphatic hydroxyl groups excluding tert-OH is 2. The number of carbonyl (C=O) groups excluding carboxylic acids is 1. The third kappa shape index (κ3) is 5.05. The van der Waals surface area contributed by atoms with Gasteiger partial charge < -0.3 is 29.9 Å². The molecule has 196 valence electrons. The molecule has 0 bridgehead atoms. The predicted molar refractivity (Wildman–Crippen MR) is 130 cm³/mol. The average molecular weight is 530 g/mol. The Labute approximate surface area is 212 Å². The van der Waals surface area contributed by atoms with Gasteiger partial charge in [0.25, 0.3) is 0 Å². The first-order chi connectivity index (χ1) is 17.6. The number of carbonyl (C=O) groups is 1. The van der Waals surface area contributed by atoms with Crippen molar-refractivity contribution in [3.8, 4) is 11.8 Å². The molecule has 2 aromatic heterocycles. The molecule has 4 rings (SSSR count). The van der Waals surface area contributed by atoms with Crippen molar-refractivity contribution in [1.82, 2.24) is 9.61 Å². The van der Waals surface area contributed by atoms with Crippen LogP contribution in [0.2, 0.25) is 0 Å². The van der Waals surface area contributed by atoms with Gasteiger partial charge in [-0.05, 0) is 30.3 Å². The predicted octanol–water partition coefficient (Wildman–Crippen LogP) is 1.85. The molecule has 0 radical (unpaired) electrons. The summed E-state index contributed by atoms with van der Waals surface area (Å²) in [6, 6.07) is 14.9. The first-order valence-electron chi connectivity index (χ1n) is 11.4. The number of methoxy groups -OCH3 is 1. The molecule has 0 amide bonds. The zero-order valence-electron chi connectivity index (χ0n) is 20.1. The lowest BCUT2D eigenvalue weighted by Crippen LogP contribution is -2.41. The Kier molecular flexibility index (Phi) is 7.54. The van der Waals surface area contributed by atoms with E-state index in [9.17, 15) is 24.8 Å². The molecule has 1 aromatic carbocycles. The Morgan fingerprint density at radius 2 is 2.03 bits per heavy atom. The molecule has 4 N–H and O–H groups in total.